The fourth-order valence-corrected chi connectivity index (χ4v) is 5.11. The van der Waals surface area contributed by atoms with Crippen LogP contribution in [0.25, 0.3) is 0 Å². The van der Waals surface area contributed by atoms with Crippen molar-refractivity contribution in [3.05, 3.63) is 5.51 Å². The van der Waals surface area contributed by atoms with E-state index in [4.69, 9.17) is 4.74 Å². The molecule has 1 saturated heterocycles. The molecule has 0 spiro atoms. The van der Waals surface area contributed by atoms with Gasteiger partial charge in [-0.05, 0) is 57.5 Å². The van der Waals surface area contributed by atoms with Gasteiger partial charge in [-0.2, -0.15) is 0 Å². The highest BCUT2D eigenvalue weighted by Gasteiger charge is 2.44. The van der Waals surface area contributed by atoms with Crippen LogP contribution in [0.3, 0.4) is 0 Å². The number of amides is 2. The molecule has 3 fully saturated rings. The van der Waals surface area contributed by atoms with Gasteiger partial charge in [0.25, 0.3) is 0 Å². The summed E-state index contributed by atoms with van der Waals surface area (Å²) < 4.78 is 6.31. The molecule has 0 unspecified atom stereocenters. The summed E-state index contributed by atoms with van der Waals surface area (Å²) in [6.07, 6.45) is 5.40. The molecule has 4 atom stereocenters. The number of nitrogens with zero attached hydrogens (tertiary/aromatic N) is 4. The Morgan fingerprint density at radius 2 is 2.00 bits per heavy atom. The quantitative estimate of drug-likeness (QED) is 0.689. The average molecular weight is 422 g/mol. The summed E-state index contributed by atoms with van der Waals surface area (Å²) >= 11 is 1.27. The molecule has 2 heterocycles. The van der Waals surface area contributed by atoms with Gasteiger partial charge in [-0.25, -0.2) is 0 Å². The number of carbonyl (C=O) groups is 2. The molecule has 3 aliphatic rings. The maximum Gasteiger partial charge on any atom is 0.226 e. The third-order valence-electron chi connectivity index (χ3n) is 6.52. The first-order chi connectivity index (χ1) is 14.0. The number of aromatic nitrogens is 2. The Labute approximate surface area is 176 Å². The molecule has 2 saturated carbocycles. The lowest BCUT2D eigenvalue weighted by molar-refractivity contribution is -0.132. The van der Waals surface area contributed by atoms with E-state index in [0.717, 1.165) is 38.5 Å². The molecular weight excluding hydrogens is 390 g/mol. The standard InChI is InChI=1S/C20H31N5O3S/c1-24(2)16-7-14-9-25(10-15(14)8-17(16)28-11-13-3-4-13)19(27)6-5-18(26)22-20-23-21-12-29-20/h12-17H,3-11H2,1-2H3,(H,22,23,26)/t14-,15+,16-,17-/m1/s1. The lowest BCUT2D eigenvalue weighted by Gasteiger charge is -2.41. The predicted molar refractivity (Wildman–Crippen MR) is 111 cm³/mol. The summed E-state index contributed by atoms with van der Waals surface area (Å²) in [6.45, 7) is 2.49. The monoisotopic (exact) mass is 421 g/mol. The van der Waals surface area contributed by atoms with E-state index in [1.165, 1.54) is 24.2 Å². The van der Waals surface area contributed by atoms with E-state index in [-0.39, 0.29) is 30.8 Å². The number of anilines is 1. The van der Waals surface area contributed by atoms with Crippen molar-refractivity contribution in [3.63, 3.8) is 0 Å². The molecule has 8 nitrogen and oxygen atoms in total. The number of ether oxygens (including phenoxy) is 1. The molecule has 29 heavy (non-hydrogen) atoms. The Balaban J connectivity index is 1.26. The van der Waals surface area contributed by atoms with Crippen LogP contribution in [0, 0.1) is 17.8 Å². The van der Waals surface area contributed by atoms with Crippen LogP contribution in [-0.2, 0) is 14.3 Å². The van der Waals surface area contributed by atoms with E-state index in [0.29, 0.717) is 23.0 Å². The van der Waals surface area contributed by atoms with Gasteiger partial charge < -0.3 is 19.9 Å². The SMILES string of the molecule is CN(C)[C@@H]1C[C@@H]2CN(C(=O)CCC(=O)Nc3nncs3)C[C@@H]2C[C@H]1OCC1CC1. The number of nitrogens with one attached hydrogen (secondary N) is 1. The van der Waals surface area contributed by atoms with E-state index in [9.17, 15) is 9.59 Å². The van der Waals surface area contributed by atoms with Crippen LogP contribution in [0.2, 0.25) is 0 Å². The first-order valence-electron chi connectivity index (χ1n) is 10.6. The van der Waals surface area contributed by atoms with E-state index in [1.807, 2.05) is 4.90 Å². The molecule has 1 N–H and O–H groups in total. The van der Waals surface area contributed by atoms with Gasteiger partial charge in [0.1, 0.15) is 5.51 Å². The predicted octanol–water partition coefficient (Wildman–Crippen LogP) is 1.85. The van der Waals surface area contributed by atoms with Gasteiger partial charge in [-0.3, -0.25) is 9.59 Å². The van der Waals surface area contributed by atoms with Crippen LogP contribution < -0.4 is 5.32 Å². The number of rotatable bonds is 8. The van der Waals surface area contributed by atoms with Gasteiger partial charge in [0, 0.05) is 38.6 Å². The maximum absolute atomic E-state index is 12.7. The minimum atomic E-state index is -0.187. The molecule has 9 heteroatoms. The Hall–Kier alpha value is -1.58. The molecule has 2 aliphatic carbocycles. The largest absolute Gasteiger partial charge is 0.376 e. The number of carbonyl (C=O) groups excluding carboxylic acids is 2. The normalized spacial score (nSPS) is 29.1. The lowest BCUT2D eigenvalue weighted by atomic mass is 9.77. The van der Waals surface area contributed by atoms with Crippen molar-refractivity contribution in [2.75, 3.05) is 39.1 Å². The van der Waals surface area contributed by atoms with Gasteiger partial charge in [0.05, 0.1) is 6.10 Å². The highest BCUT2D eigenvalue weighted by Crippen LogP contribution is 2.40. The van der Waals surface area contributed by atoms with E-state index in [2.05, 4.69) is 34.5 Å². The van der Waals surface area contributed by atoms with Crippen molar-refractivity contribution in [3.8, 4) is 0 Å². The van der Waals surface area contributed by atoms with E-state index >= 15 is 0 Å². The first-order valence-corrected chi connectivity index (χ1v) is 11.5. The van der Waals surface area contributed by atoms with Crippen molar-refractivity contribution in [1.82, 2.24) is 20.0 Å². The summed E-state index contributed by atoms with van der Waals surface area (Å²) in [7, 11) is 4.26. The lowest BCUT2D eigenvalue weighted by Crippen LogP contribution is -2.48. The zero-order valence-electron chi connectivity index (χ0n) is 17.2. The smallest absolute Gasteiger partial charge is 0.226 e. The van der Waals surface area contributed by atoms with Crippen molar-refractivity contribution >= 4 is 28.3 Å². The van der Waals surface area contributed by atoms with Gasteiger partial charge in [-0.15, -0.1) is 10.2 Å². The van der Waals surface area contributed by atoms with E-state index < -0.39 is 0 Å². The van der Waals surface area contributed by atoms with Crippen molar-refractivity contribution < 1.29 is 14.3 Å². The average Bonchev–Trinajstić information content (AvgIpc) is 3.20. The highest BCUT2D eigenvalue weighted by molar-refractivity contribution is 7.13. The van der Waals surface area contributed by atoms with Crippen molar-refractivity contribution in [1.29, 1.82) is 0 Å². The first kappa shape index (κ1) is 20.7. The third-order valence-corrected chi connectivity index (χ3v) is 7.12. The summed E-state index contributed by atoms with van der Waals surface area (Å²) in [5, 5.41) is 10.6. The van der Waals surface area contributed by atoms with Crippen LogP contribution in [0.5, 0.6) is 0 Å². The van der Waals surface area contributed by atoms with Crippen LogP contribution in [0.4, 0.5) is 5.13 Å². The number of likely N-dealkylation sites (N-methyl/N-ethyl adjacent to an activating group) is 1. The Bertz CT molecular complexity index is 709. The molecule has 0 radical (unpaired) electrons. The second kappa shape index (κ2) is 9.06. The molecular formula is C20H31N5O3S. The van der Waals surface area contributed by atoms with Crippen molar-refractivity contribution in [2.24, 2.45) is 17.8 Å². The zero-order valence-corrected chi connectivity index (χ0v) is 18.1. The summed E-state index contributed by atoms with van der Waals surface area (Å²) in [6, 6.07) is 0.419. The van der Waals surface area contributed by atoms with E-state index in [1.54, 1.807) is 5.51 Å². The molecule has 160 valence electrons. The van der Waals surface area contributed by atoms with Crippen molar-refractivity contribution in [2.45, 2.75) is 50.7 Å². The molecule has 0 aromatic carbocycles. The highest BCUT2D eigenvalue weighted by atomic mass is 32.1. The van der Waals surface area contributed by atoms with Crippen LogP contribution in [0.1, 0.15) is 38.5 Å². The van der Waals surface area contributed by atoms with Gasteiger partial charge in [-0.1, -0.05) is 11.3 Å². The summed E-state index contributed by atoms with van der Waals surface area (Å²) in [5.41, 5.74) is 1.56. The maximum atomic E-state index is 12.7. The third kappa shape index (κ3) is 5.32. The second-order valence-corrected chi connectivity index (χ2v) is 9.76. The molecule has 0 bridgehead atoms. The van der Waals surface area contributed by atoms with Gasteiger partial charge >= 0.3 is 0 Å². The summed E-state index contributed by atoms with van der Waals surface area (Å²) in [4.78, 5) is 29.0. The minimum absolute atomic E-state index is 0.0728. The molecule has 2 amide bonds. The van der Waals surface area contributed by atoms with Crippen LogP contribution >= 0.6 is 11.3 Å². The number of likely N-dealkylation sites (tertiary alicyclic amines) is 1. The number of fused-ring (bicyclic) bond motifs is 1. The van der Waals surface area contributed by atoms with Crippen LogP contribution in [0.15, 0.2) is 5.51 Å². The zero-order chi connectivity index (χ0) is 20.4. The Morgan fingerprint density at radius 3 is 2.66 bits per heavy atom. The summed E-state index contributed by atoms with van der Waals surface area (Å²) in [5.74, 6) is 1.69. The number of hydrogen-bond donors (Lipinski definition) is 1. The Kier molecular flexibility index (Phi) is 6.46. The molecule has 1 aliphatic heterocycles. The molecule has 1 aromatic rings. The van der Waals surface area contributed by atoms with Gasteiger partial charge in [0.15, 0.2) is 0 Å². The topological polar surface area (TPSA) is 87.7 Å². The minimum Gasteiger partial charge on any atom is -0.376 e. The molecule has 1 aromatic heterocycles. The molecule has 4 rings (SSSR count). The number of hydrogen-bond acceptors (Lipinski definition) is 7. The Morgan fingerprint density at radius 1 is 1.24 bits per heavy atom. The second-order valence-electron chi connectivity index (χ2n) is 8.93. The van der Waals surface area contributed by atoms with Crippen LogP contribution in [-0.4, -0.2) is 77.7 Å². The fourth-order valence-electron chi connectivity index (χ4n) is 4.65. The fraction of sp³-hybridized carbons (Fsp3) is 0.800. The van der Waals surface area contributed by atoms with Gasteiger partial charge in [0.2, 0.25) is 16.9 Å².